The topological polar surface area (TPSA) is 62.7 Å². The van der Waals surface area contributed by atoms with Crippen LogP contribution in [0.2, 0.25) is 5.15 Å². The summed E-state index contributed by atoms with van der Waals surface area (Å²) >= 11 is 6.21. The Kier molecular flexibility index (Phi) is 4.37. The van der Waals surface area contributed by atoms with Crippen LogP contribution in [-0.4, -0.2) is 40.3 Å². The molecule has 3 rings (SSSR count). The average molecular weight is 347 g/mol. The fourth-order valence-electron chi connectivity index (χ4n) is 2.58. The van der Waals surface area contributed by atoms with Crippen LogP contribution in [0.15, 0.2) is 36.5 Å². The fourth-order valence-corrected chi connectivity index (χ4v) is 2.80. The standard InChI is InChI=1S/C18H19ClN2O3/c1-12-3-5-13(6-4-12)15-9-14(10-20-16(15)19)24-11-18(7-8-18)21(2)17(22)23/h3-6,9-10H,7-8,11H2,1-2H3,(H,22,23). The van der Waals surface area contributed by atoms with Gasteiger partial charge in [0.1, 0.15) is 17.5 Å². The van der Waals surface area contributed by atoms with Gasteiger partial charge in [0.15, 0.2) is 0 Å². The minimum Gasteiger partial charge on any atom is -0.489 e. The number of nitrogens with zero attached hydrogens (tertiary/aromatic N) is 2. The third-order valence-corrected chi connectivity index (χ3v) is 4.81. The summed E-state index contributed by atoms with van der Waals surface area (Å²) in [5.74, 6) is 0.583. The molecule has 24 heavy (non-hydrogen) atoms. The van der Waals surface area contributed by atoms with Gasteiger partial charge < -0.3 is 14.7 Å². The second-order valence-electron chi connectivity index (χ2n) is 6.23. The summed E-state index contributed by atoms with van der Waals surface area (Å²) in [4.78, 5) is 16.7. The number of likely N-dealkylation sites (N-methyl/N-ethyl adjacent to an activating group) is 1. The summed E-state index contributed by atoms with van der Waals surface area (Å²) in [6, 6.07) is 9.85. The third-order valence-electron chi connectivity index (χ3n) is 4.51. The van der Waals surface area contributed by atoms with E-state index in [9.17, 15) is 4.79 Å². The number of pyridine rings is 1. The van der Waals surface area contributed by atoms with Gasteiger partial charge in [-0.2, -0.15) is 0 Å². The normalized spacial score (nSPS) is 15.0. The Morgan fingerprint density at radius 1 is 1.38 bits per heavy atom. The van der Waals surface area contributed by atoms with E-state index in [1.54, 1.807) is 13.2 Å². The molecule has 0 saturated heterocycles. The molecule has 1 heterocycles. The largest absolute Gasteiger partial charge is 0.489 e. The van der Waals surface area contributed by atoms with Crippen molar-refractivity contribution in [3.63, 3.8) is 0 Å². The molecule has 1 fully saturated rings. The van der Waals surface area contributed by atoms with E-state index in [1.165, 1.54) is 10.5 Å². The number of carboxylic acid groups (broad SMARTS) is 1. The zero-order valence-electron chi connectivity index (χ0n) is 13.6. The summed E-state index contributed by atoms with van der Waals surface area (Å²) < 4.78 is 5.82. The highest BCUT2D eigenvalue weighted by Crippen LogP contribution is 2.41. The summed E-state index contributed by atoms with van der Waals surface area (Å²) in [6.07, 6.45) is 2.24. The van der Waals surface area contributed by atoms with Crippen molar-refractivity contribution in [2.75, 3.05) is 13.7 Å². The van der Waals surface area contributed by atoms with Gasteiger partial charge in [-0.25, -0.2) is 9.78 Å². The van der Waals surface area contributed by atoms with Gasteiger partial charge in [0, 0.05) is 12.6 Å². The van der Waals surface area contributed by atoms with Crippen LogP contribution in [-0.2, 0) is 0 Å². The number of aromatic nitrogens is 1. The SMILES string of the molecule is Cc1ccc(-c2cc(OCC3(N(C)C(=O)O)CC3)cnc2Cl)cc1. The maximum absolute atomic E-state index is 11.1. The first-order valence-electron chi connectivity index (χ1n) is 7.73. The average Bonchev–Trinajstić information content (AvgIpc) is 3.35. The first kappa shape index (κ1) is 16.6. The van der Waals surface area contributed by atoms with Crippen LogP contribution in [0.4, 0.5) is 4.79 Å². The van der Waals surface area contributed by atoms with Gasteiger partial charge in [0.05, 0.1) is 11.7 Å². The number of halogens is 1. The third kappa shape index (κ3) is 3.31. The van der Waals surface area contributed by atoms with Crippen molar-refractivity contribution < 1.29 is 14.6 Å². The Morgan fingerprint density at radius 2 is 2.04 bits per heavy atom. The van der Waals surface area contributed by atoms with Crippen molar-refractivity contribution in [3.05, 3.63) is 47.2 Å². The van der Waals surface area contributed by atoms with E-state index >= 15 is 0 Å². The second-order valence-corrected chi connectivity index (χ2v) is 6.59. The first-order chi connectivity index (χ1) is 11.4. The Labute approximate surface area is 145 Å². The van der Waals surface area contributed by atoms with E-state index < -0.39 is 11.6 Å². The minimum absolute atomic E-state index is 0.312. The van der Waals surface area contributed by atoms with E-state index in [2.05, 4.69) is 4.98 Å². The predicted octanol–water partition coefficient (Wildman–Crippen LogP) is 4.23. The van der Waals surface area contributed by atoms with E-state index in [4.69, 9.17) is 21.4 Å². The van der Waals surface area contributed by atoms with Crippen molar-refractivity contribution in [1.82, 2.24) is 9.88 Å². The molecule has 0 radical (unpaired) electrons. The zero-order chi connectivity index (χ0) is 17.3. The molecule has 1 aliphatic rings. The van der Waals surface area contributed by atoms with Crippen LogP contribution >= 0.6 is 11.6 Å². The molecule has 1 N–H and O–H groups in total. The van der Waals surface area contributed by atoms with Crippen molar-refractivity contribution in [2.24, 2.45) is 0 Å². The molecule has 1 aromatic heterocycles. The first-order valence-corrected chi connectivity index (χ1v) is 8.11. The number of rotatable bonds is 5. The molecule has 126 valence electrons. The van der Waals surface area contributed by atoms with Crippen molar-refractivity contribution in [3.8, 4) is 16.9 Å². The molecule has 2 aromatic rings. The van der Waals surface area contributed by atoms with Crippen LogP contribution in [0.1, 0.15) is 18.4 Å². The summed E-state index contributed by atoms with van der Waals surface area (Å²) in [7, 11) is 1.58. The van der Waals surface area contributed by atoms with Crippen LogP contribution in [0.5, 0.6) is 5.75 Å². The molecule has 0 spiro atoms. The lowest BCUT2D eigenvalue weighted by molar-refractivity contribution is 0.109. The molecule has 0 aliphatic heterocycles. The molecule has 1 saturated carbocycles. The number of hydrogen-bond donors (Lipinski definition) is 1. The van der Waals surface area contributed by atoms with Gasteiger partial charge in [0.2, 0.25) is 0 Å². The summed E-state index contributed by atoms with van der Waals surface area (Å²) in [5, 5.41) is 9.56. The van der Waals surface area contributed by atoms with Crippen LogP contribution in [0.25, 0.3) is 11.1 Å². The van der Waals surface area contributed by atoms with Gasteiger partial charge in [0.25, 0.3) is 0 Å². The highest BCUT2D eigenvalue weighted by atomic mass is 35.5. The van der Waals surface area contributed by atoms with Gasteiger partial charge in [-0.15, -0.1) is 0 Å². The monoisotopic (exact) mass is 346 g/mol. The van der Waals surface area contributed by atoms with Crippen molar-refractivity contribution >= 4 is 17.7 Å². The molecule has 0 bridgehead atoms. The molecule has 1 aliphatic carbocycles. The Bertz CT molecular complexity index is 757. The molecular formula is C18H19ClN2O3. The van der Waals surface area contributed by atoms with Gasteiger partial charge in [-0.05, 0) is 31.4 Å². The lowest BCUT2D eigenvalue weighted by atomic mass is 10.1. The molecule has 1 amide bonds. The molecule has 0 unspecified atom stereocenters. The second kappa shape index (κ2) is 6.32. The van der Waals surface area contributed by atoms with Crippen molar-refractivity contribution in [1.29, 1.82) is 0 Å². The van der Waals surface area contributed by atoms with Crippen molar-refractivity contribution in [2.45, 2.75) is 25.3 Å². The van der Waals surface area contributed by atoms with Gasteiger partial charge in [-0.1, -0.05) is 41.4 Å². The predicted molar refractivity (Wildman–Crippen MR) is 92.7 cm³/mol. The van der Waals surface area contributed by atoms with E-state index in [1.807, 2.05) is 37.3 Å². The molecule has 0 atom stereocenters. The maximum Gasteiger partial charge on any atom is 0.407 e. The lowest BCUT2D eigenvalue weighted by Crippen LogP contribution is -2.42. The number of ether oxygens (including phenoxy) is 1. The van der Waals surface area contributed by atoms with Crippen LogP contribution in [0.3, 0.4) is 0 Å². The summed E-state index contributed by atoms with van der Waals surface area (Å²) in [5.41, 5.74) is 2.51. The highest BCUT2D eigenvalue weighted by Gasteiger charge is 2.49. The lowest BCUT2D eigenvalue weighted by Gasteiger charge is -2.25. The quantitative estimate of drug-likeness (QED) is 0.823. The number of aryl methyl sites for hydroxylation is 1. The Morgan fingerprint density at radius 3 is 2.62 bits per heavy atom. The van der Waals surface area contributed by atoms with Crippen LogP contribution in [0, 0.1) is 6.92 Å². The smallest absolute Gasteiger partial charge is 0.407 e. The van der Waals surface area contributed by atoms with Crippen LogP contribution < -0.4 is 4.74 Å². The highest BCUT2D eigenvalue weighted by molar-refractivity contribution is 6.32. The number of hydrogen-bond acceptors (Lipinski definition) is 3. The van der Waals surface area contributed by atoms with E-state index in [0.717, 1.165) is 24.0 Å². The molecule has 5 nitrogen and oxygen atoms in total. The summed E-state index contributed by atoms with van der Waals surface area (Å²) in [6.45, 7) is 2.34. The Balaban J connectivity index is 1.77. The number of amides is 1. The molecular weight excluding hydrogens is 328 g/mol. The van der Waals surface area contributed by atoms with E-state index in [-0.39, 0.29) is 0 Å². The fraction of sp³-hybridized carbons (Fsp3) is 0.333. The number of benzene rings is 1. The van der Waals surface area contributed by atoms with E-state index in [0.29, 0.717) is 17.5 Å². The maximum atomic E-state index is 11.1. The number of carbonyl (C=O) groups is 1. The van der Waals surface area contributed by atoms with Gasteiger partial charge >= 0.3 is 6.09 Å². The van der Waals surface area contributed by atoms with Gasteiger partial charge in [-0.3, -0.25) is 0 Å². The molecule has 1 aromatic carbocycles. The molecule has 6 heteroatoms. The minimum atomic E-state index is -0.939. The zero-order valence-corrected chi connectivity index (χ0v) is 14.4. The Hall–Kier alpha value is -2.27.